The van der Waals surface area contributed by atoms with Crippen molar-refractivity contribution in [3.8, 4) is 0 Å². The second-order valence-corrected chi connectivity index (χ2v) is 5.55. The van der Waals surface area contributed by atoms with Crippen molar-refractivity contribution in [1.82, 2.24) is 14.8 Å². The van der Waals surface area contributed by atoms with Gasteiger partial charge in [-0.05, 0) is 19.1 Å². The first-order valence-electron chi connectivity index (χ1n) is 6.19. The van der Waals surface area contributed by atoms with E-state index in [1.54, 1.807) is 23.1 Å². The molecule has 20 heavy (non-hydrogen) atoms. The highest BCUT2D eigenvalue weighted by atomic mass is 35.5. The van der Waals surface area contributed by atoms with E-state index in [0.717, 1.165) is 5.56 Å². The highest BCUT2D eigenvalue weighted by molar-refractivity contribution is 6.35. The zero-order chi connectivity index (χ0) is 14.2. The molecule has 1 saturated heterocycles. The predicted octanol–water partition coefficient (Wildman–Crippen LogP) is 2.87. The zero-order valence-corrected chi connectivity index (χ0v) is 12.3. The van der Waals surface area contributed by atoms with Gasteiger partial charge in [0.2, 0.25) is 5.79 Å². The van der Waals surface area contributed by atoms with E-state index in [1.807, 2.05) is 13.0 Å². The minimum Gasteiger partial charge on any atom is -0.342 e. The lowest BCUT2D eigenvalue weighted by atomic mass is 10.1. The molecule has 0 amide bonds. The summed E-state index contributed by atoms with van der Waals surface area (Å²) in [6.45, 7) is 2.82. The number of halogens is 2. The number of nitrogens with zero attached hydrogens (tertiary/aromatic N) is 3. The van der Waals surface area contributed by atoms with Crippen molar-refractivity contribution < 1.29 is 9.47 Å². The molecule has 0 unspecified atom stereocenters. The van der Waals surface area contributed by atoms with Gasteiger partial charge in [-0.25, -0.2) is 9.67 Å². The van der Waals surface area contributed by atoms with Crippen molar-refractivity contribution in [3.05, 3.63) is 46.5 Å². The van der Waals surface area contributed by atoms with E-state index >= 15 is 0 Å². The molecular formula is C13H13Cl2N3O2. The summed E-state index contributed by atoms with van der Waals surface area (Å²) in [6.07, 6.45) is 3.06. The second kappa shape index (κ2) is 5.33. The van der Waals surface area contributed by atoms with Gasteiger partial charge in [0.1, 0.15) is 19.2 Å². The van der Waals surface area contributed by atoms with Gasteiger partial charge in [0.15, 0.2) is 0 Å². The van der Waals surface area contributed by atoms with Crippen LogP contribution in [0.5, 0.6) is 0 Å². The Morgan fingerprint density at radius 2 is 2.30 bits per heavy atom. The first kappa shape index (κ1) is 13.8. The Hall–Kier alpha value is -1.14. The molecule has 7 heteroatoms. The second-order valence-electron chi connectivity index (χ2n) is 4.71. The Bertz CT molecular complexity index is 606. The molecule has 0 saturated carbocycles. The lowest BCUT2D eigenvalue weighted by molar-refractivity contribution is -0.186. The normalized spacial score (nSPS) is 26.1. The Balaban J connectivity index is 2.01. The smallest absolute Gasteiger partial charge is 0.217 e. The molecule has 0 aliphatic carbocycles. The maximum absolute atomic E-state index is 6.30. The standard InChI is InChI=1S/C13H13Cl2N3O2/c1-9-5-19-13(20-9,6-18-8-16-7-17-18)11-3-2-10(14)4-12(11)15/h2-4,7-9H,5-6H2,1H3/t9-,13-/m0/s1. The zero-order valence-electron chi connectivity index (χ0n) is 10.8. The molecule has 0 radical (unpaired) electrons. The van der Waals surface area contributed by atoms with Gasteiger partial charge in [0.05, 0.1) is 17.7 Å². The number of hydrogen-bond donors (Lipinski definition) is 0. The van der Waals surface area contributed by atoms with Gasteiger partial charge >= 0.3 is 0 Å². The third-order valence-corrected chi connectivity index (χ3v) is 3.67. The number of hydrogen-bond acceptors (Lipinski definition) is 4. The summed E-state index contributed by atoms with van der Waals surface area (Å²) < 4.78 is 13.5. The van der Waals surface area contributed by atoms with Gasteiger partial charge in [0, 0.05) is 10.6 Å². The van der Waals surface area contributed by atoms with E-state index in [1.165, 1.54) is 6.33 Å². The molecular weight excluding hydrogens is 301 g/mol. The first-order chi connectivity index (χ1) is 9.59. The van der Waals surface area contributed by atoms with Gasteiger partial charge < -0.3 is 9.47 Å². The molecule has 5 nitrogen and oxygen atoms in total. The Labute approximate surface area is 126 Å². The fourth-order valence-corrected chi connectivity index (χ4v) is 2.83. The van der Waals surface area contributed by atoms with Crippen LogP contribution in [0.1, 0.15) is 12.5 Å². The SMILES string of the molecule is C[C@H]1CO[C@](Cn2cncn2)(c2ccc(Cl)cc2Cl)O1. The van der Waals surface area contributed by atoms with E-state index < -0.39 is 5.79 Å². The minimum absolute atomic E-state index is 0.0229. The predicted molar refractivity (Wildman–Crippen MR) is 74.7 cm³/mol. The van der Waals surface area contributed by atoms with E-state index in [4.69, 9.17) is 32.7 Å². The Kier molecular flexibility index (Phi) is 3.69. The molecule has 0 bridgehead atoms. The van der Waals surface area contributed by atoms with Crippen LogP contribution in [-0.4, -0.2) is 27.5 Å². The van der Waals surface area contributed by atoms with E-state index in [0.29, 0.717) is 23.2 Å². The molecule has 0 N–H and O–H groups in total. The molecule has 106 valence electrons. The molecule has 3 rings (SSSR count). The van der Waals surface area contributed by atoms with Gasteiger partial charge in [-0.1, -0.05) is 29.3 Å². The molecule has 1 aromatic heterocycles. The molecule has 2 atom stereocenters. The fourth-order valence-electron chi connectivity index (χ4n) is 2.28. The summed E-state index contributed by atoms with van der Waals surface area (Å²) in [4.78, 5) is 3.93. The van der Waals surface area contributed by atoms with Gasteiger partial charge in [-0.15, -0.1) is 0 Å². The molecule has 1 aromatic carbocycles. The topological polar surface area (TPSA) is 49.2 Å². The summed E-state index contributed by atoms with van der Waals surface area (Å²) >= 11 is 12.2. The average molecular weight is 314 g/mol. The Morgan fingerprint density at radius 3 is 2.90 bits per heavy atom. The Morgan fingerprint density at radius 1 is 1.45 bits per heavy atom. The molecule has 1 aliphatic heterocycles. The highest BCUT2D eigenvalue weighted by Crippen LogP contribution is 2.40. The maximum atomic E-state index is 6.30. The number of benzene rings is 1. The van der Waals surface area contributed by atoms with Crippen LogP contribution in [-0.2, 0) is 21.8 Å². The largest absolute Gasteiger partial charge is 0.342 e. The van der Waals surface area contributed by atoms with E-state index in [-0.39, 0.29) is 6.10 Å². The van der Waals surface area contributed by atoms with Crippen molar-refractivity contribution in [3.63, 3.8) is 0 Å². The quantitative estimate of drug-likeness (QED) is 0.874. The summed E-state index contributed by atoms with van der Waals surface area (Å²) in [5, 5.41) is 5.18. The molecule has 0 spiro atoms. The van der Waals surface area contributed by atoms with Crippen molar-refractivity contribution in [2.75, 3.05) is 6.61 Å². The van der Waals surface area contributed by atoms with Gasteiger partial charge in [-0.2, -0.15) is 5.10 Å². The molecule has 2 heterocycles. The van der Waals surface area contributed by atoms with E-state index in [2.05, 4.69) is 10.1 Å². The molecule has 1 fully saturated rings. The lowest BCUT2D eigenvalue weighted by Gasteiger charge is -2.29. The van der Waals surface area contributed by atoms with Crippen LogP contribution in [0.2, 0.25) is 10.0 Å². The third kappa shape index (κ3) is 2.54. The van der Waals surface area contributed by atoms with Gasteiger partial charge in [-0.3, -0.25) is 0 Å². The van der Waals surface area contributed by atoms with Crippen LogP contribution < -0.4 is 0 Å². The lowest BCUT2D eigenvalue weighted by Crippen LogP contribution is -2.34. The summed E-state index contributed by atoms with van der Waals surface area (Å²) in [5.74, 6) is -0.964. The highest BCUT2D eigenvalue weighted by Gasteiger charge is 2.44. The monoisotopic (exact) mass is 313 g/mol. The van der Waals surface area contributed by atoms with Crippen molar-refractivity contribution in [2.24, 2.45) is 0 Å². The first-order valence-corrected chi connectivity index (χ1v) is 6.94. The molecule has 1 aliphatic rings. The van der Waals surface area contributed by atoms with Crippen LogP contribution >= 0.6 is 23.2 Å². The maximum Gasteiger partial charge on any atom is 0.217 e. The van der Waals surface area contributed by atoms with Crippen LogP contribution in [0.4, 0.5) is 0 Å². The van der Waals surface area contributed by atoms with Crippen molar-refractivity contribution >= 4 is 23.2 Å². The fraction of sp³-hybridized carbons (Fsp3) is 0.385. The molecule has 2 aromatic rings. The number of ether oxygens (including phenoxy) is 2. The van der Waals surface area contributed by atoms with Crippen LogP contribution in [0, 0.1) is 0 Å². The average Bonchev–Trinajstić information content (AvgIpc) is 3.00. The number of rotatable bonds is 3. The summed E-state index contributed by atoms with van der Waals surface area (Å²) in [7, 11) is 0. The summed E-state index contributed by atoms with van der Waals surface area (Å²) in [6, 6.07) is 5.26. The van der Waals surface area contributed by atoms with Gasteiger partial charge in [0.25, 0.3) is 0 Å². The summed E-state index contributed by atoms with van der Waals surface area (Å²) in [5.41, 5.74) is 0.739. The van der Waals surface area contributed by atoms with E-state index in [9.17, 15) is 0 Å². The van der Waals surface area contributed by atoms with Crippen molar-refractivity contribution in [2.45, 2.75) is 25.4 Å². The van der Waals surface area contributed by atoms with Crippen molar-refractivity contribution in [1.29, 1.82) is 0 Å². The number of aromatic nitrogens is 3. The van der Waals surface area contributed by atoms with Crippen LogP contribution in [0.15, 0.2) is 30.9 Å². The van der Waals surface area contributed by atoms with Crippen LogP contribution in [0.25, 0.3) is 0 Å². The minimum atomic E-state index is -0.964. The third-order valence-electron chi connectivity index (χ3n) is 3.12. The van der Waals surface area contributed by atoms with Crippen LogP contribution in [0.3, 0.4) is 0 Å².